The Labute approximate surface area is 203 Å². The van der Waals surface area contributed by atoms with Gasteiger partial charge >= 0.3 is 5.97 Å². The van der Waals surface area contributed by atoms with Crippen molar-refractivity contribution in [1.82, 2.24) is 9.55 Å². The number of benzene rings is 2. The molecule has 0 spiro atoms. The van der Waals surface area contributed by atoms with Gasteiger partial charge in [-0.1, -0.05) is 23.4 Å². The minimum absolute atomic E-state index is 0.0611. The van der Waals surface area contributed by atoms with Gasteiger partial charge in [-0.3, -0.25) is 14.2 Å². The molecule has 1 aliphatic rings. The molecule has 2 heterocycles. The molecule has 7 nitrogen and oxygen atoms in total. The topological polar surface area (TPSA) is 90.3 Å². The van der Waals surface area contributed by atoms with Crippen LogP contribution in [0, 0.1) is 0 Å². The summed E-state index contributed by atoms with van der Waals surface area (Å²) < 4.78 is 6.49. The molecule has 0 bridgehead atoms. The first-order valence-electron chi connectivity index (χ1n) is 10.2. The molecular weight excluding hydrogens is 482 g/mol. The molecular formula is C23H20ClN3O4S2. The van der Waals surface area contributed by atoms with Crippen molar-refractivity contribution in [2.75, 3.05) is 23.4 Å². The zero-order chi connectivity index (χ0) is 23.4. The number of halogens is 1. The van der Waals surface area contributed by atoms with Crippen molar-refractivity contribution in [3.05, 3.63) is 75.2 Å². The number of carbonyl (C=O) groups excluding carboxylic acids is 2. The molecule has 1 N–H and O–H groups in total. The van der Waals surface area contributed by atoms with Gasteiger partial charge in [-0.25, -0.2) is 9.78 Å². The van der Waals surface area contributed by atoms with Crippen LogP contribution in [0.25, 0.3) is 5.69 Å². The number of amides is 1. The van der Waals surface area contributed by atoms with Crippen LogP contribution < -0.4 is 10.9 Å². The first-order valence-corrected chi connectivity index (χ1v) is 12.6. The zero-order valence-electron chi connectivity index (χ0n) is 17.7. The lowest BCUT2D eigenvalue weighted by Crippen LogP contribution is -2.24. The molecule has 0 fully saturated rings. The van der Waals surface area contributed by atoms with E-state index < -0.39 is 5.97 Å². The Morgan fingerprint density at radius 1 is 1.18 bits per heavy atom. The standard InChI is InChI=1S/C23H20ClN3O4S2/c1-2-31-22(30)14-3-7-16(8-4-14)25-19(28)13-33-23-26-18-11-12-32-20(18)21(29)27(23)17-9-5-15(24)6-10-17/h3-10H,2,11-13H2,1H3,(H,25,28). The summed E-state index contributed by atoms with van der Waals surface area (Å²) in [7, 11) is 0. The molecule has 4 rings (SSSR count). The first kappa shape index (κ1) is 23.4. The van der Waals surface area contributed by atoms with Crippen LogP contribution in [0.2, 0.25) is 5.02 Å². The lowest BCUT2D eigenvalue weighted by Gasteiger charge is -2.14. The monoisotopic (exact) mass is 501 g/mol. The van der Waals surface area contributed by atoms with E-state index in [1.807, 2.05) is 0 Å². The van der Waals surface area contributed by atoms with E-state index in [2.05, 4.69) is 10.3 Å². The smallest absolute Gasteiger partial charge is 0.338 e. The maximum absolute atomic E-state index is 13.2. The van der Waals surface area contributed by atoms with Crippen LogP contribution in [-0.4, -0.2) is 39.5 Å². The highest BCUT2D eigenvalue weighted by Gasteiger charge is 2.23. The van der Waals surface area contributed by atoms with Crippen molar-refractivity contribution in [2.45, 2.75) is 23.4 Å². The van der Waals surface area contributed by atoms with Crippen LogP contribution in [0.4, 0.5) is 5.69 Å². The Morgan fingerprint density at radius 2 is 1.91 bits per heavy atom. The Bertz CT molecular complexity index is 1240. The second kappa shape index (κ2) is 10.5. The maximum atomic E-state index is 13.2. The number of aromatic nitrogens is 2. The number of aryl methyl sites for hydroxylation is 1. The minimum atomic E-state index is -0.410. The number of carbonyl (C=O) groups is 2. The lowest BCUT2D eigenvalue weighted by atomic mass is 10.2. The zero-order valence-corrected chi connectivity index (χ0v) is 20.1. The molecule has 0 unspecified atom stereocenters. The number of nitrogens with one attached hydrogen (secondary N) is 1. The summed E-state index contributed by atoms with van der Waals surface area (Å²) in [6.07, 6.45) is 0.725. The fourth-order valence-electron chi connectivity index (χ4n) is 3.24. The second-order valence-corrected chi connectivity index (χ2v) is 9.50. The molecule has 0 radical (unpaired) electrons. The summed E-state index contributed by atoms with van der Waals surface area (Å²) >= 11 is 8.70. The molecule has 1 aliphatic heterocycles. The molecule has 33 heavy (non-hydrogen) atoms. The number of ether oxygens (including phenoxy) is 1. The van der Waals surface area contributed by atoms with Crippen molar-refractivity contribution in [2.24, 2.45) is 0 Å². The van der Waals surface area contributed by atoms with Crippen molar-refractivity contribution < 1.29 is 14.3 Å². The predicted octanol–water partition coefficient (Wildman–Crippen LogP) is 4.44. The van der Waals surface area contributed by atoms with Gasteiger partial charge in [0.15, 0.2) is 5.16 Å². The van der Waals surface area contributed by atoms with Crippen LogP contribution in [0.5, 0.6) is 0 Å². The van der Waals surface area contributed by atoms with Crippen LogP contribution in [0.1, 0.15) is 23.0 Å². The molecule has 10 heteroatoms. The molecule has 3 aromatic rings. The lowest BCUT2D eigenvalue weighted by molar-refractivity contribution is -0.113. The molecule has 2 aromatic carbocycles. The highest BCUT2D eigenvalue weighted by Crippen LogP contribution is 2.30. The summed E-state index contributed by atoms with van der Waals surface area (Å²) in [5.74, 6) is 0.211. The molecule has 0 aliphatic carbocycles. The third kappa shape index (κ3) is 5.43. The van der Waals surface area contributed by atoms with Gasteiger partial charge in [0.2, 0.25) is 5.91 Å². The Balaban J connectivity index is 1.50. The number of thioether (sulfide) groups is 2. The van der Waals surface area contributed by atoms with E-state index in [4.69, 9.17) is 16.3 Å². The normalized spacial score (nSPS) is 12.3. The van der Waals surface area contributed by atoms with Crippen LogP contribution in [0.3, 0.4) is 0 Å². The number of rotatable bonds is 7. The fraction of sp³-hybridized carbons (Fsp3) is 0.217. The Hall–Kier alpha value is -2.75. The van der Waals surface area contributed by atoms with E-state index in [1.165, 1.54) is 28.1 Å². The van der Waals surface area contributed by atoms with E-state index >= 15 is 0 Å². The predicted molar refractivity (Wildman–Crippen MR) is 131 cm³/mol. The van der Waals surface area contributed by atoms with Crippen LogP contribution in [-0.2, 0) is 16.0 Å². The van der Waals surface area contributed by atoms with Crippen molar-refractivity contribution >= 4 is 52.7 Å². The number of fused-ring (bicyclic) bond motifs is 1. The summed E-state index contributed by atoms with van der Waals surface area (Å²) in [6, 6.07) is 13.4. The average Bonchev–Trinajstić information content (AvgIpc) is 3.28. The molecule has 1 aromatic heterocycles. The van der Waals surface area contributed by atoms with Crippen molar-refractivity contribution in [3.8, 4) is 5.69 Å². The number of esters is 1. The van der Waals surface area contributed by atoms with Gasteiger partial charge in [0, 0.05) is 22.9 Å². The van der Waals surface area contributed by atoms with E-state index in [0.29, 0.717) is 38.6 Å². The SMILES string of the molecule is CCOC(=O)c1ccc(NC(=O)CSc2nc3c(c(=O)n2-c2ccc(Cl)cc2)SCC3)cc1. The molecule has 0 saturated heterocycles. The minimum Gasteiger partial charge on any atom is -0.462 e. The summed E-state index contributed by atoms with van der Waals surface area (Å²) in [5.41, 5.74) is 2.25. The van der Waals surface area contributed by atoms with Crippen molar-refractivity contribution in [3.63, 3.8) is 0 Å². The highest BCUT2D eigenvalue weighted by molar-refractivity contribution is 8.00. The number of anilines is 1. The van der Waals surface area contributed by atoms with Gasteiger partial charge in [-0.05, 0) is 55.5 Å². The molecule has 1 amide bonds. The molecule has 0 atom stereocenters. The maximum Gasteiger partial charge on any atom is 0.338 e. The van der Waals surface area contributed by atoms with Crippen LogP contribution >= 0.6 is 35.1 Å². The average molecular weight is 502 g/mol. The van der Waals surface area contributed by atoms with E-state index in [9.17, 15) is 14.4 Å². The number of nitrogens with zero attached hydrogens (tertiary/aromatic N) is 2. The summed E-state index contributed by atoms with van der Waals surface area (Å²) in [5, 5.41) is 3.82. The molecule has 170 valence electrons. The van der Waals surface area contributed by atoms with E-state index in [-0.39, 0.29) is 17.2 Å². The van der Waals surface area contributed by atoms with E-state index in [1.54, 1.807) is 55.5 Å². The summed E-state index contributed by atoms with van der Waals surface area (Å²) in [6.45, 7) is 2.04. The molecule has 0 saturated carbocycles. The fourth-order valence-corrected chi connectivity index (χ4v) is 5.22. The van der Waals surface area contributed by atoms with Gasteiger partial charge in [0.05, 0.1) is 34.2 Å². The first-order chi connectivity index (χ1) is 16.0. The van der Waals surface area contributed by atoms with Crippen LogP contribution in [0.15, 0.2) is 63.4 Å². The van der Waals surface area contributed by atoms with Gasteiger partial charge in [0.25, 0.3) is 5.56 Å². The number of hydrogen-bond acceptors (Lipinski definition) is 7. The largest absolute Gasteiger partial charge is 0.462 e. The second-order valence-electron chi connectivity index (χ2n) is 7.02. The Morgan fingerprint density at radius 3 is 2.61 bits per heavy atom. The van der Waals surface area contributed by atoms with Gasteiger partial charge in [-0.15, -0.1) is 11.8 Å². The quantitative estimate of drug-likeness (QED) is 0.291. The summed E-state index contributed by atoms with van der Waals surface area (Å²) in [4.78, 5) is 42.8. The Kier molecular flexibility index (Phi) is 7.42. The van der Waals surface area contributed by atoms with Gasteiger partial charge < -0.3 is 10.1 Å². The van der Waals surface area contributed by atoms with Gasteiger partial charge in [-0.2, -0.15) is 0 Å². The third-order valence-corrected chi connectivity index (χ3v) is 7.06. The van der Waals surface area contributed by atoms with Crippen molar-refractivity contribution in [1.29, 1.82) is 0 Å². The van der Waals surface area contributed by atoms with Gasteiger partial charge in [0.1, 0.15) is 0 Å². The third-order valence-electron chi connectivity index (χ3n) is 4.76. The van der Waals surface area contributed by atoms with E-state index in [0.717, 1.165) is 17.9 Å². The highest BCUT2D eigenvalue weighted by atomic mass is 35.5. The number of hydrogen-bond donors (Lipinski definition) is 1.